The van der Waals surface area contributed by atoms with Gasteiger partial charge in [0.1, 0.15) is 9.21 Å². The van der Waals surface area contributed by atoms with Crippen LogP contribution in [0.5, 0.6) is 0 Å². The summed E-state index contributed by atoms with van der Waals surface area (Å²) in [7, 11) is 0. The molecule has 18 heavy (non-hydrogen) atoms. The Labute approximate surface area is 130 Å². The van der Waals surface area contributed by atoms with Crippen molar-refractivity contribution in [2.75, 3.05) is 11.4 Å². The van der Waals surface area contributed by atoms with Crippen molar-refractivity contribution >= 4 is 49.3 Å². The van der Waals surface area contributed by atoms with Crippen LogP contribution in [0.4, 0.5) is 5.82 Å². The van der Waals surface area contributed by atoms with Crippen LogP contribution >= 0.6 is 43.5 Å². The zero-order valence-corrected chi connectivity index (χ0v) is 14.4. The highest BCUT2D eigenvalue weighted by Crippen LogP contribution is 2.30. The van der Waals surface area contributed by atoms with Gasteiger partial charge in [0.25, 0.3) is 0 Å². The molecule has 6 heteroatoms. The van der Waals surface area contributed by atoms with Crippen LogP contribution in [0.1, 0.15) is 26.7 Å². The van der Waals surface area contributed by atoms with E-state index in [1.807, 2.05) is 6.08 Å². The third-order valence-corrected chi connectivity index (χ3v) is 4.31. The molecule has 0 radical (unpaired) electrons. The third kappa shape index (κ3) is 3.68. The molecule has 1 aromatic rings. The molecule has 0 atom stereocenters. The van der Waals surface area contributed by atoms with Crippen molar-refractivity contribution in [2.24, 2.45) is 0 Å². The molecule has 0 fully saturated rings. The molecular weight excluding hydrogens is 381 g/mol. The van der Waals surface area contributed by atoms with E-state index < -0.39 is 0 Å². The highest BCUT2D eigenvalue weighted by molar-refractivity contribution is 9.11. The van der Waals surface area contributed by atoms with E-state index in [0.717, 1.165) is 25.2 Å². The maximum Gasteiger partial charge on any atom is 0.164 e. The van der Waals surface area contributed by atoms with Crippen LogP contribution in [0.15, 0.2) is 21.9 Å². The number of halogens is 3. The molecule has 1 rings (SSSR count). The molecule has 0 saturated carbocycles. The van der Waals surface area contributed by atoms with Crippen LogP contribution < -0.4 is 4.90 Å². The van der Waals surface area contributed by atoms with E-state index in [-0.39, 0.29) is 0 Å². The largest absolute Gasteiger partial charge is 0.348 e. The van der Waals surface area contributed by atoms with Crippen LogP contribution in [-0.4, -0.2) is 22.6 Å². The van der Waals surface area contributed by atoms with Crippen LogP contribution in [0, 0.1) is 0 Å². The van der Waals surface area contributed by atoms with E-state index >= 15 is 0 Å². The fraction of sp³-hybridized carbons (Fsp3) is 0.500. The lowest BCUT2D eigenvalue weighted by molar-refractivity contribution is 0.569. The minimum absolute atomic E-state index is 0.369. The number of hydrogen-bond acceptors (Lipinski definition) is 3. The van der Waals surface area contributed by atoms with Gasteiger partial charge < -0.3 is 4.90 Å². The molecule has 100 valence electrons. The van der Waals surface area contributed by atoms with Gasteiger partial charge in [0.15, 0.2) is 11.0 Å². The molecule has 0 aliphatic carbocycles. The highest BCUT2D eigenvalue weighted by Gasteiger charge is 2.20. The van der Waals surface area contributed by atoms with Crippen molar-refractivity contribution in [1.29, 1.82) is 0 Å². The van der Waals surface area contributed by atoms with Gasteiger partial charge >= 0.3 is 0 Å². The number of anilines is 1. The Balaban J connectivity index is 3.20. The van der Waals surface area contributed by atoms with Gasteiger partial charge in [-0.05, 0) is 44.7 Å². The fourth-order valence-electron chi connectivity index (χ4n) is 1.83. The van der Waals surface area contributed by atoms with E-state index in [1.54, 1.807) is 0 Å². The second kappa shape index (κ2) is 7.46. The van der Waals surface area contributed by atoms with Gasteiger partial charge in [-0.1, -0.05) is 31.5 Å². The first-order valence-corrected chi connectivity index (χ1v) is 7.77. The van der Waals surface area contributed by atoms with Gasteiger partial charge in [0.05, 0.1) is 0 Å². The topological polar surface area (TPSA) is 29.0 Å². The molecule has 0 saturated heterocycles. The monoisotopic (exact) mass is 395 g/mol. The Hall–Kier alpha value is -0.130. The van der Waals surface area contributed by atoms with Crippen molar-refractivity contribution in [3.05, 3.63) is 27.0 Å². The maximum atomic E-state index is 6.03. The molecule has 0 spiro atoms. The SMILES string of the molecule is C=CCN(c1nc(Cl)c(Br)nc1Br)C(CC)CC. The zero-order valence-electron chi connectivity index (χ0n) is 10.5. The summed E-state index contributed by atoms with van der Waals surface area (Å²) < 4.78 is 1.23. The second-order valence-electron chi connectivity index (χ2n) is 3.83. The first-order valence-electron chi connectivity index (χ1n) is 5.81. The van der Waals surface area contributed by atoms with Crippen molar-refractivity contribution in [1.82, 2.24) is 9.97 Å². The molecule has 0 aliphatic heterocycles. The Morgan fingerprint density at radius 2 is 1.89 bits per heavy atom. The van der Waals surface area contributed by atoms with E-state index in [0.29, 0.717) is 20.4 Å². The normalized spacial score (nSPS) is 10.8. The van der Waals surface area contributed by atoms with Crippen LogP contribution in [0.25, 0.3) is 0 Å². The summed E-state index contributed by atoms with van der Waals surface area (Å²) in [5.74, 6) is 0.761. The average molecular weight is 398 g/mol. The maximum absolute atomic E-state index is 6.03. The average Bonchev–Trinajstić information content (AvgIpc) is 2.34. The van der Waals surface area contributed by atoms with Gasteiger partial charge in [-0.25, -0.2) is 9.97 Å². The summed E-state index contributed by atoms with van der Waals surface area (Å²) in [4.78, 5) is 10.9. The second-order valence-corrected chi connectivity index (χ2v) is 5.69. The highest BCUT2D eigenvalue weighted by atomic mass is 79.9. The lowest BCUT2D eigenvalue weighted by atomic mass is 10.1. The quantitative estimate of drug-likeness (QED) is 0.644. The molecular formula is C12H16Br2ClN3. The molecule has 0 N–H and O–H groups in total. The van der Waals surface area contributed by atoms with E-state index in [1.165, 1.54) is 0 Å². The molecule has 1 heterocycles. The lowest BCUT2D eigenvalue weighted by Gasteiger charge is -2.31. The molecule has 0 unspecified atom stereocenters. The Bertz CT molecular complexity index is 422. The zero-order chi connectivity index (χ0) is 13.7. The smallest absolute Gasteiger partial charge is 0.164 e. The van der Waals surface area contributed by atoms with Crippen LogP contribution in [-0.2, 0) is 0 Å². The Morgan fingerprint density at radius 3 is 2.39 bits per heavy atom. The number of hydrogen-bond donors (Lipinski definition) is 0. The number of rotatable bonds is 6. The number of nitrogens with zero attached hydrogens (tertiary/aromatic N) is 3. The van der Waals surface area contributed by atoms with Gasteiger partial charge in [-0.3, -0.25) is 0 Å². The van der Waals surface area contributed by atoms with Crippen molar-refractivity contribution in [2.45, 2.75) is 32.7 Å². The molecule has 1 aromatic heterocycles. The van der Waals surface area contributed by atoms with E-state index in [2.05, 4.69) is 67.2 Å². The molecule has 3 nitrogen and oxygen atoms in total. The third-order valence-electron chi connectivity index (χ3n) is 2.74. The van der Waals surface area contributed by atoms with E-state index in [9.17, 15) is 0 Å². The minimum atomic E-state index is 0.369. The van der Waals surface area contributed by atoms with Crippen molar-refractivity contribution in [3.8, 4) is 0 Å². The van der Waals surface area contributed by atoms with Crippen LogP contribution in [0.2, 0.25) is 5.15 Å². The standard InChI is InChI=1S/C12H16Br2ClN3/c1-4-7-18(8(5-2)6-3)12-10(14)16-9(13)11(15)17-12/h4,8H,1,5-7H2,2-3H3. The van der Waals surface area contributed by atoms with Crippen molar-refractivity contribution in [3.63, 3.8) is 0 Å². The molecule has 0 aliphatic rings. The van der Waals surface area contributed by atoms with Gasteiger partial charge in [0.2, 0.25) is 0 Å². The summed E-state index contributed by atoms with van der Waals surface area (Å²) in [5, 5.41) is 0.369. The first-order chi connectivity index (χ1) is 8.54. The summed E-state index contributed by atoms with van der Waals surface area (Å²) in [6.45, 7) is 8.84. The predicted octanol–water partition coefficient (Wildman–Crippen LogP) is 4.84. The predicted molar refractivity (Wildman–Crippen MR) is 84.4 cm³/mol. The van der Waals surface area contributed by atoms with Crippen LogP contribution in [0.3, 0.4) is 0 Å². The summed E-state index contributed by atoms with van der Waals surface area (Å²) in [6, 6.07) is 0.394. The van der Waals surface area contributed by atoms with E-state index in [4.69, 9.17) is 11.6 Å². The summed E-state index contributed by atoms with van der Waals surface area (Å²) in [6.07, 6.45) is 3.93. The first kappa shape index (κ1) is 15.9. The van der Waals surface area contributed by atoms with Gasteiger partial charge in [-0.2, -0.15) is 0 Å². The molecule has 0 amide bonds. The number of aromatic nitrogens is 2. The Kier molecular flexibility index (Phi) is 6.60. The molecule has 0 aromatic carbocycles. The minimum Gasteiger partial charge on any atom is -0.348 e. The molecule has 0 bridgehead atoms. The summed E-state index contributed by atoms with van der Waals surface area (Å²) >= 11 is 12.7. The van der Waals surface area contributed by atoms with Gasteiger partial charge in [-0.15, -0.1) is 6.58 Å². The Morgan fingerprint density at radius 1 is 1.28 bits per heavy atom. The van der Waals surface area contributed by atoms with Gasteiger partial charge in [0, 0.05) is 12.6 Å². The van der Waals surface area contributed by atoms with Crippen molar-refractivity contribution < 1.29 is 0 Å². The lowest BCUT2D eigenvalue weighted by Crippen LogP contribution is -2.35. The summed E-state index contributed by atoms with van der Waals surface area (Å²) in [5.41, 5.74) is 0. The fourth-order valence-corrected chi connectivity index (χ4v) is 2.95.